The van der Waals surface area contributed by atoms with Crippen LogP contribution in [-0.4, -0.2) is 44.1 Å². The van der Waals surface area contributed by atoms with Gasteiger partial charge in [-0.05, 0) is 68.6 Å². The van der Waals surface area contributed by atoms with Crippen molar-refractivity contribution in [2.45, 2.75) is 64.0 Å². The van der Waals surface area contributed by atoms with E-state index in [0.29, 0.717) is 12.1 Å². The molecular formula is C22H34N4O2. The second-order valence-electron chi connectivity index (χ2n) is 8.12. The van der Waals surface area contributed by atoms with E-state index < -0.39 is 0 Å². The monoisotopic (exact) mass is 386 g/mol. The van der Waals surface area contributed by atoms with E-state index in [-0.39, 0.29) is 12.5 Å². The molecule has 2 saturated carbocycles. The summed E-state index contributed by atoms with van der Waals surface area (Å²) in [4.78, 5) is 16.0. The molecule has 2 aliphatic rings. The minimum Gasteiger partial charge on any atom is -0.484 e. The molecule has 0 radical (unpaired) electrons. The fraction of sp³-hybridized carbons (Fsp3) is 0.636. The number of guanidine groups is 1. The van der Waals surface area contributed by atoms with E-state index in [1.165, 1.54) is 31.2 Å². The summed E-state index contributed by atoms with van der Waals surface area (Å²) >= 11 is 0. The normalized spacial score (nSPS) is 22.4. The second-order valence-corrected chi connectivity index (χ2v) is 8.12. The van der Waals surface area contributed by atoms with Crippen molar-refractivity contribution in [3.63, 3.8) is 0 Å². The van der Waals surface area contributed by atoms with Gasteiger partial charge in [-0.3, -0.25) is 9.79 Å². The molecule has 1 amide bonds. The van der Waals surface area contributed by atoms with Crippen LogP contribution in [0, 0.1) is 5.92 Å². The number of nitrogens with one attached hydrogen (secondary N) is 3. The van der Waals surface area contributed by atoms with Crippen LogP contribution in [-0.2, 0) is 11.2 Å². The molecule has 0 aromatic heterocycles. The van der Waals surface area contributed by atoms with Crippen LogP contribution in [0.1, 0.15) is 51.0 Å². The highest BCUT2D eigenvalue weighted by Crippen LogP contribution is 2.23. The van der Waals surface area contributed by atoms with Gasteiger partial charge in [-0.15, -0.1) is 0 Å². The van der Waals surface area contributed by atoms with Gasteiger partial charge in [0.25, 0.3) is 5.91 Å². The van der Waals surface area contributed by atoms with Gasteiger partial charge in [0, 0.05) is 25.7 Å². The average Bonchev–Trinajstić information content (AvgIpc) is 3.52. The maximum absolute atomic E-state index is 11.7. The molecule has 0 unspecified atom stereocenters. The molecule has 28 heavy (non-hydrogen) atoms. The highest BCUT2D eigenvalue weighted by Gasteiger charge is 2.23. The lowest BCUT2D eigenvalue weighted by atomic mass is 9.87. The topological polar surface area (TPSA) is 74.8 Å². The molecule has 0 spiro atoms. The van der Waals surface area contributed by atoms with Gasteiger partial charge in [0.1, 0.15) is 5.75 Å². The van der Waals surface area contributed by atoms with Crippen LogP contribution in [0.4, 0.5) is 0 Å². The van der Waals surface area contributed by atoms with Gasteiger partial charge in [-0.1, -0.05) is 19.1 Å². The Labute approximate surface area is 168 Å². The van der Waals surface area contributed by atoms with Crippen molar-refractivity contribution < 1.29 is 9.53 Å². The zero-order valence-electron chi connectivity index (χ0n) is 17.2. The Balaban J connectivity index is 1.33. The fourth-order valence-electron chi connectivity index (χ4n) is 3.52. The number of nitrogens with zero attached hydrogens (tertiary/aromatic N) is 1. The summed E-state index contributed by atoms with van der Waals surface area (Å²) in [5.41, 5.74) is 1.23. The third-order valence-corrected chi connectivity index (χ3v) is 5.52. The molecule has 0 aliphatic heterocycles. The first-order valence-electron chi connectivity index (χ1n) is 10.6. The van der Waals surface area contributed by atoms with Gasteiger partial charge in [0.05, 0.1) is 0 Å². The number of carbonyl (C=O) groups excluding carboxylic acids is 1. The number of hydrogen-bond donors (Lipinski definition) is 3. The number of aliphatic imine (C=N–C) groups is 1. The molecule has 0 saturated heterocycles. The number of rotatable bonds is 8. The Morgan fingerprint density at radius 3 is 2.32 bits per heavy atom. The molecule has 1 aromatic rings. The molecule has 6 heteroatoms. The molecule has 0 bridgehead atoms. The van der Waals surface area contributed by atoms with Gasteiger partial charge < -0.3 is 20.7 Å². The largest absolute Gasteiger partial charge is 0.484 e. The number of carbonyl (C=O) groups is 1. The van der Waals surface area contributed by atoms with Crippen molar-refractivity contribution >= 4 is 11.9 Å². The minimum absolute atomic E-state index is 0.0397. The molecule has 0 heterocycles. The summed E-state index contributed by atoms with van der Waals surface area (Å²) in [7, 11) is 1.83. The van der Waals surface area contributed by atoms with Crippen LogP contribution in [0.25, 0.3) is 0 Å². The third-order valence-electron chi connectivity index (χ3n) is 5.52. The number of amides is 1. The van der Waals surface area contributed by atoms with Crippen molar-refractivity contribution in [2.24, 2.45) is 10.9 Å². The van der Waals surface area contributed by atoms with Crippen LogP contribution in [0.3, 0.4) is 0 Å². The molecule has 2 fully saturated rings. The van der Waals surface area contributed by atoms with E-state index in [2.05, 4.69) is 40.0 Å². The van der Waals surface area contributed by atoms with Crippen molar-refractivity contribution in [3.05, 3.63) is 29.8 Å². The zero-order chi connectivity index (χ0) is 19.8. The number of hydrogen-bond acceptors (Lipinski definition) is 3. The predicted molar refractivity (Wildman–Crippen MR) is 113 cm³/mol. The predicted octanol–water partition coefficient (Wildman–Crippen LogP) is 2.63. The first kappa shape index (κ1) is 20.5. The number of ether oxygens (including phenoxy) is 1. The van der Waals surface area contributed by atoms with Crippen LogP contribution in [0.5, 0.6) is 5.75 Å². The van der Waals surface area contributed by atoms with Gasteiger partial charge in [0.2, 0.25) is 0 Å². The maximum Gasteiger partial charge on any atom is 0.258 e. The van der Waals surface area contributed by atoms with Gasteiger partial charge >= 0.3 is 0 Å². The van der Waals surface area contributed by atoms with E-state index in [1.807, 2.05) is 19.2 Å². The summed E-state index contributed by atoms with van der Waals surface area (Å²) in [6.45, 7) is 3.24. The lowest BCUT2D eigenvalue weighted by Crippen LogP contribution is -2.45. The summed E-state index contributed by atoms with van der Waals surface area (Å²) < 4.78 is 5.55. The first-order chi connectivity index (χ1) is 13.6. The van der Waals surface area contributed by atoms with Gasteiger partial charge in [-0.2, -0.15) is 0 Å². The quantitative estimate of drug-likeness (QED) is 0.474. The molecule has 0 atom stereocenters. The Kier molecular flexibility index (Phi) is 7.57. The van der Waals surface area contributed by atoms with Crippen molar-refractivity contribution in [3.8, 4) is 5.75 Å². The minimum atomic E-state index is -0.0397. The summed E-state index contributed by atoms with van der Waals surface area (Å²) in [6.07, 6.45) is 8.13. The standard InChI is InChI=1S/C22H34N4O2/c1-16-3-7-19(8-4-16)26-22(23-2)24-14-13-17-5-11-20(12-6-17)28-15-21(27)25-18-9-10-18/h5-6,11-12,16,18-19H,3-4,7-10,13-15H2,1-2H3,(H,25,27)(H2,23,24,26). The van der Waals surface area contributed by atoms with E-state index >= 15 is 0 Å². The van der Waals surface area contributed by atoms with Crippen molar-refractivity contribution in [1.29, 1.82) is 0 Å². The van der Waals surface area contributed by atoms with Crippen molar-refractivity contribution in [1.82, 2.24) is 16.0 Å². The lowest BCUT2D eigenvalue weighted by Gasteiger charge is -2.28. The Bertz CT molecular complexity index is 647. The van der Waals surface area contributed by atoms with Crippen LogP contribution in [0.2, 0.25) is 0 Å². The maximum atomic E-state index is 11.7. The molecule has 6 nitrogen and oxygen atoms in total. The second kappa shape index (κ2) is 10.3. The zero-order valence-corrected chi connectivity index (χ0v) is 17.2. The average molecular weight is 387 g/mol. The highest BCUT2D eigenvalue weighted by molar-refractivity contribution is 5.80. The smallest absolute Gasteiger partial charge is 0.258 e. The molecule has 3 N–H and O–H groups in total. The van der Waals surface area contributed by atoms with Crippen LogP contribution < -0.4 is 20.7 Å². The van der Waals surface area contributed by atoms with E-state index in [9.17, 15) is 4.79 Å². The summed E-state index contributed by atoms with van der Waals surface area (Å²) in [5.74, 6) is 2.43. The Morgan fingerprint density at radius 2 is 1.68 bits per heavy atom. The molecule has 2 aliphatic carbocycles. The Hall–Kier alpha value is -2.24. The summed E-state index contributed by atoms with van der Waals surface area (Å²) in [5, 5.41) is 9.88. The van der Waals surface area contributed by atoms with E-state index in [0.717, 1.165) is 43.4 Å². The summed E-state index contributed by atoms with van der Waals surface area (Å²) in [6, 6.07) is 8.87. The molecule has 154 valence electrons. The van der Waals surface area contributed by atoms with E-state index in [4.69, 9.17) is 4.74 Å². The Morgan fingerprint density at radius 1 is 1.04 bits per heavy atom. The van der Waals surface area contributed by atoms with Crippen LogP contribution >= 0.6 is 0 Å². The SMILES string of the molecule is CN=C(NCCc1ccc(OCC(=O)NC2CC2)cc1)NC1CCC(C)CC1. The van der Waals surface area contributed by atoms with Crippen molar-refractivity contribution in [2.75, 3.05) is 20.2 Å². The molecule has 3 rings (SSSR count). The lowest BCUT2D eigenvalue weighted by molar-refractivity contribution is -0.123. The fourth-order valence-corrected chi connectivity index (χ4v) is 3.52. The molecule has 1 aromatic carbocycles. The molecular weight excluding hydrogens is 352 g/mol. The van der Waals surface area contributed by atoms with Gasteiger partial charge in [0.15, 0.2) is 12.6 Å². The highest BCUT2D eigenvalue weighted by atomic mass is 16.5. The third kappa shape index (κ3) is 7.06. The first-order valence-corrected chi connectivity index (χ1v) is 10.6. The van der Waals surface area contributed by atoms with Gasteiger partial charge in [-0.25, -0.2) is 0 Å². The van der Waals surface area contributed by atoms with Crippen LogP contribution in [0.15, 0.2) is 29.3 Å². The number of benzene rings is 1. The van der Waals surface area contributed by atoms with E-state index in [1.54, 1.807) is 0 Å².